The lowest BCUT2D eigenvalue weighted by atomic mass is 9.68. The Morgan fingerprint density at radius 1 is 1.05 bits per heavy atom. The fourth-order valence-electron chi connectivity index (χ4n) is 3.51. The summed E-state index contributed by atoms with van der Waals surface area (Å²) in [7, 11) is 4.27. The molecule has 3 nitrogen and oxygen atoms in total. The quantitative estimate of drug-likeness (QED) is 0.782. The van der Waals surface area contributed by atoms with Crippen molar-refractivity contribution in [3.8, 4) is 0 Å². The van der Waals surface area contributed by atoms with Crippen LogP contribution in [0.25, 0.3) is 0 Å². The molecule has 0 radical (unpaired) electrons. The molecule has 0 amide bonds. The Morgan fingerprint density at radius 3 is 2.24 bits per heavy atom. The number of aliphatic hydroxyl groups excluding tert-OH is 1. The summed E-state index contributed by atoms with van der Waals surface area (Å²) in [5, 5.41) is 10.4. The van der Waals surface area contributed by atoms with E-state index in [0.29, 0.717) is 11.3 Å². The number of hydrogen-bond acceptors (Lipinski definition) is 3. The smallest absolute Gasteiger partial charge is 0.0580 e. The second-order valence-corrected chi connectivity index (χ2v) is 8.31. The van der Waals surface area contributed by atoms with E-state index in [1.165, 1.54) is 19.3 Å². The highest BCUT2D eigenvalue weighted by Gasteiger charge is 2.35. The van der Waals surface area contributed by atoms with Crippen molar-refractivity contribution < 1.29 is 5.11 Å². The average molecular weight is 299 g/mol. The molecule has 3 atom stereocenters. The van der Waals surface area contributed by atoms with Gasteiger partial charge in [0.1, 0.15) is 0 Å². The summed E-state index contributed by atoms with van der Waals surface area (Å²) in [6.45, 7) is 13.7. The van der Waals surface area contributed by atoms with Gasteiger partial charge >= 0.3 is 0 Å². The topological polar surface area (TPSA) is 26.7 Å². The van der Waals surface area contributed by atoms with Crippen molar-refractivity contribution in [2.24, 2.45) is 17.3 Å². The van der Waals surface area contributed by atoms with Gasteiger partial charge in [-0.05, 0) is 63.6 Å². The van der Waals surface area contributed by atoms with E-state index < -0.39 is 0 Å². The van der Waals surface area contributed by atoms with E-state index in [2.05, 4.69) is 51.6 Å². The number of aliphatic hydroxyl groups is 1. The molecule has 0 saturated heterocycles. The predicted octanol–water partition coefficient (Wildman–Crippen LogP) is 3.08. The Labute approximate surface area is 132 Å². The summed E-state index contributed by atoms with van der Waals surface area (Å²) in [4.78, 5) is 4.80. The molecule has 1 saturated carbocycles. The zero-order valence-corrected chi connectivity index (χ0v) is 15.2. The lowest BCUT2D eigenvalue weighted by molar-refractivity contribution is 0.00261. The van der Waals surface area contributed by atoms with Crippen molar-refractivity contribution in [2.75, 3.05) is 40.3 Å². The Kier molecular flexibility index (Phi) is 7.66. The van der Waals surface area contributed by atoms with Gasteiger partial charge in [-0.25, -0.2) is 0 Å². The average Bonchev–Trinajstić information content (AvgIpc) is 2.37. The molecular weight excluding hydrogens is 260 g/mol. The summed E-state index contributed by atoms with van der Waals surface area (Å²) in [6.07, 6.45) is 4.46. The standard InChI is InChI=1S/C18H38N2O/c1-7-10-20(12-11-19(5)6)14-15-13-16(18(2,3)4)8-9-17(15)21/h15-17,21H,7-14H2,1-6H3. The van der Waals surface area contributed by atoms with Crippen LogP contribution in [0.3, 0.4) is 0 Å². The van der Waals surface area contributed by atoms with Crippen LogP contribution < -0.4 is 0 Å². The molecule has 0 heterocycles. The van der Waals surface area contributed by atoms with Crippen molar-refractivity contribution in [2.45, 2.75) is 59.5 Å². The minimum Gasteiger partial charge on any atom is -0.393 e. The molecule has 3 heteroatoms. The van der Waals surface area contributed by atoms with Crippen molar-refractivity contribution in [3.63, 3.8) is 0 Å². The highest BCUT2D eigenvalue weighted by Crippen LogP contribution is 2.40. The maximum absolute atomic E-state index is 10.4. The summed E-state index contributed by atoms with van der Waals surface area (Å²) in [5.74, 6) is 1.21. The lowest BCUT2D eigenvalue weighted by Crippen LogP contribution is -2.43. The van der Waals surface area contributed by atoms with E-state index in [4.69, 9.17) is 0 Å². The van der Waals surface area contributed by atoms with Crippen LogP contribution in [0.4, 0.5) is 0 Å². The van der Waals surface area contributed by atoms with Crippen molar-refractivity contribution in [1.82, 2.24) is 9.80 Å². The summed E-state index contributed by atoms with van der Waals surface area (Å²) < 4.78 is 0. The zero-order valence-electron chi connectivity index (χ0n) is 15.2. The molecule has 0 aromatic carbocycles. The van der Waals surface area contributed by atoms with Crippen LogP contribution in [0.1, 0.15) is 53.4 Å². The Hall–Kier alpha value is -0.120. The van der Waals surface area contributed by atoms with Crippen molar-refractivity contribution >= 4 is 0 Å². The SMILES string of the molecule is CCCN(CCN(C)C)CC1CC(C(C)(C)C)CCC1O. The van der Waals surface area contributed by atoms with Gasteiger partial charge in [0.25, 0.3) is 0 Å². The Bertz CT molecular complexity index is 285. The lowest BCUT2D eigenvalue weighted by Gasteiger charge is -2.42. The Morgan fingerprint density at radius 2 is 1.71 bits per heavy atom. The number of rotatable bonds is 7. The third-order valence-corrected chi connectivity index (χ3v) is 5.06. The Balaban J connectivity index is 2.58. The van der Waals surface area contributed by atoms with Gasteiger partial charge in [0.05, 0.1) is 6.10 Å². The van der Waals surface area contributed by atoms with E-state index in [1.54, 1.807) is 0 Å². The van der Waals surface area contributed by atoms with E-state index in [-0.39, 0.29) is 6.10 Å². The molecule has 1 N–H and O–H groups in total. The van der Waals surface area contributed by atoms with Crippen LogP contribution in [0.15, 0.2) is 0 Å². The molecule has 0 aromatic heterocycles. The van der Waals surface area contributed by atoms with Crippen LogP contribution in [0, 0.1) is 17.3 Å². The minimum atomic E-state index is -0.0951. The van der Waals surface area contributed by atoms with E-state index in [9.17, 15) is 5.11 Å². The second kappa shape index (κ2) is 8.50. The van der Waals surface area contributed by atoms with Crippen LogP contribution in [-0.2, 0) is 0 Å². The first kappa shape index (κ1) is 18.9. The fraction of sp³-hybridized carbons (Fsp3) is 1.00. The highest BCUT2D eigenvalue weighted by atomic mass is 16.3. The van der Waals surface area contributed by atoms with Gasteiger partial charge in [-0.2, -0.15) is 0 Å². The first-order valence-corrected chi connectivity index (χ1v) is 8.79. The van der Waals surface area contributed by atoms with Gasteiger partial charge < -0.3 is 14.9 Å². The molecule has 126 valence electrons. The monoisotopic (exact) mass is 298 g/mol. The van der Waals surface area contributed by atoms with E-state index in [1.807, 2.05) is 0 Å². The molecule has 1 fully saturated rings. The van der Waals surface area contributed by atoms with Crippen molar-refractivity contribution in [1.29, 1.82) is 0 Å². The minimum absolute atomic E-state index is 0.0951. The van der Waals surface area contributed by atoms with Gasteiger partial charge in [0, 0.05) is 19.6 Å². The summed E-state index contributed by atoms with van der Waals surface area (Å²) in [5.41, 5.74) is 0.373. The number of hydrogen-bond donors (Lipinski definition) is 1. The first-order chi connectivity index (χ1) is 9.74. The van der Waals surface area contributed by atoms with Crippen LogP contribution >= 0.6 is 0 Å². The number of likely N-dealkylation sites (N-methyl/N-ethyl adjacent to an activating group) is 1. The van der Waals surface area contributed by atoms with Crippen LogP contribution in [0.2, 0.25) is 0 Å². The normalized spacial score (nSPS) is 27.6. The molecule has 1 rings (SSSR count). The second-order valence-electron chi connectivity index (χ2n) is 8.31. The molecule has 3 unspecified atom stereocenters. The fourth-order valence-corrected chi connectivity index (χ4v) is 3.51. The maximum Gasteiger partial charge on any atom is 0.0580 e. The molecule has 21 heavy (non-hydrogen) atoms. The van der Waals surface area contributed by atoms with Gasteiger partial charge in [0.2, 0.25) is 0 Å². The molecule has 0 aliphatic heterocycles. The van der Waals surface area contributed by atoms with Gasteiger partial charge in [-0.3, -0.25) is 0 Å². The summed E-state index contributed by atoms with van der Waals surface area (Å²) in [6, 6.07) is 0. The molecule has 0 aromatic rings. The largest absolute Gasteiger partial charge is 0.393 e. The van der Waals surface area contributed by atoms with Crippen LogP contribution in [-0.4, -0.2) is 61.3 Å². The molecule has 1 aliphatic carbocycles. The van der Waals surface area contributed by atoms with E-state index >= 15 is 0 Å². The maximum atomic E-state index is 10.4. The third-order valence-electron chi connectivity index (χ3n) is 5.06. The molecule has 0 bridgehead atoms. The molecule has 1 aliphatic rings. The molecule has 0 spiro atoms. The molecular formula is C18H38N2O. The third kappa shape index (κ3) is 6.66. The van der Waals surface area contributed by atoms with Gasteiger partial charge in [0.15, 0.2) is 0 Å². The van der Waals surface area contributed by atoms with Crippen molar-refractivity contribution in [3.05, 3.63) is 0 Å². The first-order valence-electron chi connectivity index (χ1n) is 8.79. The van der Waals surface area contributed by atoms with Gasteiger partial charge in [-0.15, -0.1) is 0 Å². The number of nitrogens with zero attached hydrogens (tertiary/aromatic N) is 2. The highest BCUT2D eigenvalue weighted by molar-refractivity contribution is 4.87. The van der Waals surface area contributed by atoms with Gasteiger partial charge in [-0.1, -0.05) is 27.7 Å². The predicted molar refractivity (Wildman–Crippen MR) is 91.6 cm³/mol. The zero-order chi connectivity index (χ0) is 16.0. The van der Waals surface area contributed by atoms with Crippen LogP contribution in [0.5, 0.6) is 0 Å². The summed E-state index contributed by atoms with van der Waals surface area (Å²) >= 11 is 0. The van der Waals surface area contributed by atoms with E-state index in [0.717, 1.165) is 38.5 Å².